The molecule has 0 saturated carbocycles. The number of nitrogens with one attached hydrogen (secondary N) is 1. The molecule has 90 valence electrons. The smallest absolute Gasteiger partial charge is 0.0497 e. The molecule has 0 saturated heterocycles. The van der Waals surface area contributed by atoms with Crippen LogP contribution in [0.15, 0.2) is 36.5 Å². The van der Waals surface area contributed by atoms with E-state index in [1.807, 2.05) is 13.2 Å². The first-order chi connectivity index (χ1) is 8.35. The van der Waals surface area contributed by atoms with Crippen molar-refractivity contribution in [2.75, 3.05) is 7.05 Å². The van der Waals surface area contributed by atoms with Crippen LogP contribution in [0.2, 0.25) is 0 Å². The lowest BCUT2D eigenvalue weighted by Gasteiger charge is -2.15. The summed E-state index contributed by atoms with van der Waals surface area (Å²) in [6.45, 7) is 2.22. The average Bonchev–Trinajstić information content (AvgIpc) is 2.38. The largest absolute Gasteiger partial charge is 0.317 e. The molecule has 0 radical (unpaired) electrons. The molecule has 17 heavy (non-hydrogen) atoms. The fourth-order valence-corrected chi connectivity index (χ4v) is 2.28. The number of nitrogens with zero attached hydrogens (tertiary/aromatic N) is 1. The maximum Gasteiger partial charge on any atom is 0.0497 e. The van der Waals surface area contributed by atoms with Crippen LogP contribution >= 0.6 is 0 Å². The summed E-state index contributed by atoms with van der Waals surface area (Å²) in [7, 11) is 2.03. The van der Waals surface area contributed by atoms with Gasteiger partial charge in [0.05, 0.1) is 0 Å². The molecule has 1 atom stereocenters. The van der Waals surface area contributed by atoms with E-state index < -0.39 is 0 Å². The number of hydrogen-bond acceptors (Lipinski definition) is 2. The van der Waals surface area contributed by atoms with Crippen LogP contribution in [0.4, 0.5) is 0 Å². The van der Waals surface area contributed by atoms with Gasteiger partial charge in [-0.3, -0.25) is 4.98 Å². The standard InChI is InChI=1S/C15H20N2/c1-3-6-13(16-2)11-15-14-8-5-4-7-12(14)9-10-17-15/h4-5,7-10,13,16H,3,6,11H2,1-2H3. The molecule has 0 aliphatic carbocycles. The highest BCUT2D eigenvalue weighted by Crippen LogP contribution is 2.18. The highest BCUT2D eigenvalue weighted by molar-refractivity contribution is 5.84. The molecule has 0 fully saturated rings. The van der Waals surface area contributed by atoms with E-state index in [1.165, 1.54) is 29.3 Å². The number of fused-ring (bicyclic) bond motifs is 1. The van der Waals surface area contributed by atoms with Gasteiger partial charge in [-0.2, -0.15) is 0 Å². The van der Waals surface area contributed by atoms with Gasteiger partial charge in [0.15, 0.2) is 0 Å². The molecule has 1 unspecified atom stereocenters. The number of rotatable bonds is 5. The first kappa shape index (κ1) is 12.1. The Balaban J connectivity index is 2.28. The normalized spacial score (nSPS) is 12.8. The van der Waals surface area contributed by atoms with E-state index in [9.17, 15) is 0 Å². The van der Waals surface area contributed by atoms with Gasteiger partial charge in [-0.05, 0) is 24.9 Å². The van der Waals surface area contributed by atoms with Crippen molar-refractivity contribution in [2.45, 2.75) is 32.2 Å². The molecule has 2 aromatic rings. The van der Waals surface area contributed by atoms with E-state index in [2.05, 4.69) is 47.6 Å². The number of pyridine rings is 1. The summed E-state index contributed by atoms with van der Waals surface area (Å²) in [4.78, 5) is 4.54. The predicted octanol–water partition coefficient (Wildman–Crippen LogP) is 3.17. The highest BCUT2D eigenvalue weighted by Gasteiger charge is 2.09. The van der Waals surface area contributed by atoms with Crippen molar-refractivity contribution in [3.8, 4) is 0 Å². The molecule has 2 rings (SSSR count). The van der Waals surface area contributed by atoms with Gasteiger partial charge in [-0.15, -0.1) is 0 Å². The van der Waals surface area contributed by atoms with Crippen molar-refractivity contribution >= 4 is 10.8 Å². The zero-order chi connectivity index (χ0) is 12.1. The second kappa shape index (κ2) is 5.78. The Morgan fingerprint density at radius 1 is 1.24 bits per heavy atom. The van der Waals surface area contributed by atoms with Crippen molar-refractivity contribution in [1.82, 2.24) is 10.3 Å². The SMILES string of the molecule is CCCC(Cc1nccc2ccccc12)NC. The van der Waals surface area contributed by atoms with Gasteiger partial charge < -0.3 is 5.32 Å². The second-order valence-corrected chi connectivity index (χ2v) is 4.46. The molecule has 0 bridgehead atoms. The summed E-state index contributed by atoms with van der Waals surface area (Å²) >= 11 is 0. The van der Waals surface area contributed by atoms with Gasteiger partial charge in [0.1, 0.15) is 0 Å². The lowest BCUT2D eigenvalue weighted by Crippen LogP contribution is -2.27. The van der Waals surface area contributed by atoms with E-state index in [-0.39, 0.29) is 0 Å². The summed E-state index contributed by atoms with van der Waals surface area (Å²) in [5.41, 5.74) is 1.20. The van der Waals surface area contributed by atoms with Crippen LogP contribution in [-0.4, -0.2) is 18.1 Å². The fourth-order valence-electron chi connectivity index (χ4n) is 2.28. The Labute approximate surface area is 103 Å². The van der Waals surface area contributed by atoms with E-state index in [0.29, 0.717) is 6.04 Å². The molecule has 1 aromatic heterocycles. The lowest BCUT2D eigenvalue weighted by molar-refractivity contribution is 0.510. The maximum atomic E-state index is 4.54. The van der Waals surface area contributed by atoms with Crippen LogP contribution in [-0.2, 0) is 6.42 Å². The monoisotopic (exact) mass is 228 g/mol. The van der Waals surface area contributed by atoms with Gasteiger partial charge in [0.25, 0.3) is 0 Å². The molecule has 2 nitrogen and oxygen atoms in total. The summed E-state index contributed by atoms with van der Waals surface area (Å²) in [6.07, 6.45) is 5.32. The zero-order valence-electron chi connectivity index (χ0n) is 10.6. The van der Waals surface area contributed by atoms with Crippen molar-refractivity contribution in [1.29, 1.82) is 0 Å². The van der Waals surface area contributed by atoms with Crippen LogP contribution in [0.25, 0.3) is 10.8 Å². The molecular weight excluding hydrogens is 208 g/mol. The Morgan fingerprint density at radius 2 is 2.06 bits per heavy atom. The summed E-state index contributed by atoms with van der Waals surface area (Å²) in [6, 6.07) is 11.1. The predicted molar refractivity (Wildman–Crippen MR) is 73.2 cm³/mol. The van der Waals surface area contributed by atoms with Crippen LogP contribution in [0.3, 0.4) is 0 Å². The number of aromatic nitrogens is 1. The molecule has 1 aromatic carbocycles. The second-order valence-electron chi connectivity index (χ2n) is 4.46. The van der Waals surface area contributed by atoms with Gasteiger partial charge >= 0.3 is 0 Å². The highest BCUT2D eigenvalue weighted by atomic mass is 14.9. The Kier molecular flexibility index (Phi) is 4.10. The number of hydrogen-bond donors (Lipinski definition) is 1. The Hall–Kier alpha value is -1.41. The van der Waals surface area contributed by atoms with Crippen LogP contribution in [0.1, 0.15) is 25.5 Å². The molecule has 2 heteroatoms. The van der Waals surface area contributed by atoms with Crippen molar-refractivity contribution < 1.29 is 0 Å². The third kappa shape index (κ3) is 2.83. The molecule has 0 amide bonds. The first-order valence-corrected chi connectivity index (χ1v) is 6.35. The van der Waals surface area contributed by atoms with Crippen molar-refractivity contribution in [2.24, 2.45) is 0 Å². The minimum absolute atomic E-state index is 0.526. The van der Waals surface area contributed by atoms with E-state index in [1.54, 1.807) is 0 Å². The van der Waals surface area contributed by atoms with Gasteiger partial charge in [0.2, 0.25) is 0 Å². The molecule has 0 spiro atoms. The number of benzene rings is 1. The van der Waals surface area contributed by atoms with Crippen LogP contribution < -0.4 is 5.32 Å². The minimum atomic E-state index is 0.526. The van der Waals surface area contributed by atoms with E-state index >= 15 is 0 Å². The first-order valence-electron chi connectivity index (χ1n) is 6.35. The summed E-state index contributed by atoms with van der Waals surface area (Å²) < 4.78 is 0. The third-order valence-corrected chi connectivity index (χ3v) is 3.24. The Bertz CT molecular complexity index is 474. The molecular formula is C15H20N2. The summed E-state index contributed by atoms with van der Waals surface area (Å²) in [5, 5.41) is 5.94. The fraction of sp³-hybridized carbons (Fsp3) is 0.400. The van der Waals surface area contributed by atoms with Gasteiger partial charge in [-0.1, -0.05) is 37.6 Å². The van der Waals surface area contributed by atoms with Gasteiger partial charge in [0, 0.05) is 29.7 Å². The molecule has 0 aliphatic rings. The van der Waals surface area contributed by atoms with E-state index in [0.717, 1.165) is 6.42 Å². The van der Waals surface area contributed by atoms with Crippen LogP contribution in [0.5, 0.6) is 0 Å². The summed E-state index contributed by atoms with van der Waals surface area (Å²) in [5.74, 6) is 0. The van der Waals surface area contributed by atoms with Gasteiger partial charge in [-0.25, -0.2) is 0 Å². The zero-order valence-corrected chi connectivity index (χ0v) is 10.6. The third-order valence-electron chi connectivity index (χ3n) is 3.24. The maximum absolute atomic E-state index is 4.54. The van der Waals surface area contributed by atoms with Crippen molar-refractivity contribution in [3.05, 3.63) is 42.2 Å². The minimum Gasteiger partial charge on any atom is -0.317 e. The van der Waals surface area contributed by atoms with Crippen molar-refractivity contribution in [3.63, 3.8) is 0 Å². The number of likely N-dealkylation sites (N-methyl/N-ethyl adjacent to an activating group) is 1. The molecule has 1 heterocycles. The topological polar surface area (TPSA) is 24.9 Å². The lowest BCUT2D eigenvalue weighted by atomic mass is 10.0. The molecule has 1 N–H and O–H groups in total. The van der Waals surface area contributed by atoms with E-state index in [4.69, 9.17) is 0 Å². The average molecular weight is 228 g/mol. The van der Waals surface area contributed by atoms with Crippen LogP contribution in [0, 0.1) is 0 Å². The Morgan fingerprint density at radius 3 is 2.82 bits per heavy atom. The molecule has 0 aliphatic heterocycles. The quantitative estimate of drug-likeness (QED) is 0.850.